The molecule has 0 saturated carbocycles. The van der Waals surface area contributed by atoms with Gasteiger partial charge in [0.25, 0.3) is 0 Å². The lowest BCUT2D eigenvalue weighted by molar-refractivity contribution is -0.398. The molecule has 0 radical (unpaired) electrons. The molecule has 1 aliphatic rings. The van der Waals surface area contributed by atoms with E-state index in [4.69, 9.17) is 0 Å². The van der Waals surface area contributed by atoms with Crippen molar-refractivity contribution in [3.8, 4) is 0 Å². The minimum absolute atomic E-state index is 0.960. The van der Waals surface area contributed by atoms with Crippen LogP contribution in [0.5, 0.6) is 0 Å². The van der Waals surface area contributed by atoms with Crippen LogP contribution in [0.2, 0.25) is 0 Å². The number of alkyl halides is 9. The molecule has 0 bridgehead atoms. The van der Waals surface area contributed by atoms with Gasteiger partial charge in [-0.05, 0) is 13.8 Å². The monoisotopic (exact) mass is 350 g/mol. The molecule has 4 nitrogen and oxygen atoms in total. The number of ether oxygens (including phenoxy) is 3. The highest BCUT2D eigenvalue weighted by Gasteiger charge is 2.89. The molecule has 1 rings (SSSR count). The van der Waals surface area contributed by atoms with Crippen LogP contribution in [0.25, 0.3) is 0 Å². The molecule has 1 saturated heterocycles. The molecule has 1 aliphatic heterocycles. The summed E-state index contributed by atoms with van der Waals surface area (Å²) in [6, 6.07) is 0. The fraction of sp³-hybridized carbons (Fsp3) is 0.889. The van der Waals surface area contributed by atoms with Crippen molar-refractivity contribution < 1.29 is 58.5 Å². The average Bonchev–Trinajstić information content (AvgIpc) is 2.46. The normalized spacial score (nSPS) is 32.4. The molecule has 0 N–H and O–H groups in total. The highest BCUT2D eigenvalue weighted by Crippen LogP contribution is 2.59. The van der Waals surface area contributed by atoms with E-state index in [1.807, 2.05) is 0 Å². The topological polar surface area (TPSA) is 44.8 Å². The first kappa shape index (κ1) is 18.8. The SMILES string of the molecule is CC(C)OC(=O)C1(C(F)(F)F)OC(F)(F)C(F)(C(F)(F)F)O1. The van der Waals surface area contributed by atoms with Gasteiger partial charge >= 0.3 is 36.1 Å². The van der Waals surface area contributed by atoms with Gasteiger partial charge in [0.05, 0.1) is 6.10 Å². The first-order valence-electron chi connectivity index (χ1n) is 5.32. The zero-order valence-electron chi connectivity index (χ0n) is 10.6. The fourth-order valence-electron chi connectivity index (χ4n) is 1.35. The van der Waals surface area contributed by atoms with Crippen LogP contribution < -0.4 is 0 Å². The maximum Gasteiger partial charge on any atom is 0.458 e. The third kappa shape index (κ3) is 2.59. The van der Waals surface area contributed by atoms with Crippen molar-refractivity contribution in [1.82, 2.24) is 0 Å². The number of esters is 1. The van der Waals surface area contributed by atoms with Crippen LogP contribution in [0.1, 0.15) is 13.8 Å². The summed E-state index contributed by atoms with van der Waals surface area (Å²) in [7, 11) is 0. The van der Waals surface area contributed by atoms with E-state index in [1.54, 1.807) is 0 Å². The van der Waals surface area contributed by atoms with E-state index in [-0.39, 0.29) is 0 Å². The van der Waals surface area contributed by atoms with Crippen molar-refractivity contribution in [2.24, 2.45) is 0 Å². The van der Waals surface area contributed by atoms with Crippen molar-refractivity contribution in [1.29, 1.82) is 0 Å². The second kappa shape index (κ2) is 4.88. The van der Waals surface area contributed by atoms with E-state index in [0.29, 0.717) is 0 Å². The Hall–Kier alpha value is -1.24. The minimum Gasteiger partial charge on any atom is -0.459 e. The Morgan fingerprint density at radius 3 is 1.68 bits per heavy atom. The molecule has 0 aromatic heterocycles. The van der Waals surface area contributed by atoms with Crippen molar-refractivity contribution in [3.05, 3.63) is 0 Å². The third-order valence-electron chi connectivity index (χ3n) is 2.28. The smallest absolute Gasteiger partial charge is 0.458 e. The van der Waals surface area contributed by atoms with E-state index in [0.717, 1.165) is 13.8 Å². The standard InChI is InChI=1S/C9H7F9O4/c1-3(2)20-4(19)5(7(11,12)13)21-6(10,8(14,15)16)9(17,18)22-5/h3H,1-2H3. The number of carbonyl (C=O) groups excluding carboxylic acids is 1. The third-order valence-corrected chi connectivity index (χ3v) is 2.28. The van der Waals surface area contributed by atoms with E-state index in [1.165, 1.54) is 0 Å². The molecule has 0 aliphatic carbocycles. The number of hydrogen-bond donors (Lipinski definition) is 0. The number of hydrogen-bond acceptors (Lipinski definition) is 4. The van der Waals surface area contributed by atoms with Gasteiger partial charge in [-0.25, -0.2) is 4.79 Å². The predicted octanol–water partition coefficient (Wildman–Crippen LogP) is 3.06. The summed E-state index contributed by atoms with van der Waals surface area (Å²) in [6.07, 6.45) is -20.4. The maximum atomic E-state index is 13.4. The minimum atomic E-state index is -6.62. The van der Waals surface area contributed by atoms with E-state index in [9.17, 15) is 44.3 Å². The predicted molar refractivity (Wildman–Crippen MR) is 47.0 cm³/mol. The van der Waals surface area contributed by atoms with Gasteiger partial charge in [-0.3, -0.25) is 9.47 Å². The lowest BCUT2D eigenvalue weighted by atomic mass is 10.2. The van der Waals surface area contributed by atoms with Gasteiger partial charge in [0, 0.05) is 0 Å². The van der Waals surface area contributed by atoms with E-state index < -0.39 is 42.2 Å². The largest absolute Gasteiger partial charge is 0.459 e. The molecule has 130 valence electrons. The molecule has 2 unspecified atom stereocenters. The summed E-state index contributed by atoms with van der Waals surface area (Å²) in [6.45, 7) is 1.92. The van der Waals surface area contributed by atoms with Gasteiger partial charge < -0.3 is 4.74 Å². The van der Waals surface area contributed by atoms with Gasteiger partial charge in [0.1, 0.15) is 0 Å². The van der Waals surface area contributed by atoms with Gasteiger partial charge in [-0.15, -0.1) is 0 Å². The fourth-order valence-corrected chi connectivity index (χ4v) is 1.35. The zero-order valence-corrected chi connectivity index (χ0v) is 10.6. The Morgan fingerprint density at radius 2 is 1.41 bits per heavy atom. The second-order valence-corrected chi connectivity index (χ2v) is 4.38. The molecule has 13 heteroatoms. The Balaban J connectivity index is 3.44. The Morgan fingerprint density at radius 1 is 0.955 bits per heavy atom. The first-order chi connectivity index (χ1) is 9.50. The van der Waals surface area contributed by atoms with Gasteiger partial charge in [-0.1, -0.05) is 0 Å². The number of halogens is 9. The maximum absolute atomic E-state index is 13.4. The molecule has 0 aromatic rings. The van der Waals surface area contributed by atoms with Crippen molar-refractivity contribution in [2.75, 3.05) is 0 Å². The summed E-state index contributed by atoms with van der Waals surface area (Å²) in [5.74, 6) is -14.2. The van der Waals surface area contributed by atoms with Crippen molar-refractivity contribution >= 4 is 5.97 Å². The van der Waals surface area contributed by atoms with Crippen LogP contribution in [0, 0.1) is 0 Å². The molecule has 22 heavy (non-hydrogen) atoms. The highest BCUT2D eigenvalue weighted by molar-refractivity contribution is 5.79. The quantitative estimate of drug-likeness (QED) is 0.567. The summed E-state index contributed by atoms with van der Waals surface area (Å²) in [5.41, 5.74) is 0. The molecule has 2 atom stereocenters. The van der Waals surface area contributed by atoms with Gasteiger partial charge in [-0.2, -0.15) is 39.5 Å². The van der Waals surface area contributed by atoms with Crippen LogP contribution >= 0.6 is 0 Å². The first-order valence-corrected chi connectivity index (χ1v) is 5.32. The second-order valence-electron chi connectivity index (χ2n) is 4.38. The molecular formula is C9H7F9O4. The van der Waals surface area contributed by atoms with Crippen LogP contribution in [0.15, 0.2) is 0 Å². The van der Waals surface area contributed by atoms with Crippen LogP contribution in [-0.2, 0) is 19.0 Å². The van der Waals surface area contributed by atoms with Gasteiger partial charge in [0.15, 0.2) is 0 Å². The average molecular weight is 350 g/mol. The Kier molecular flexibility index (Phi) is 4.17. The molecule has 0 aromatic carbocycles. The van der Waals surface area contributed by atoms with Crippen molar-refractivity contribution in [2.45, 2.75) is 50.1 Å². The molecular weight excluding hydrogens is 343 g/mol. The van der Waals surface area contributed by atoms with Crippen LogP contribution in [-0.4, -0.2) is 42.2 Å². The molecule has 0 amide bonds. The summed E-state index contributed by atoms with van der Waals surface area (Å²) < 4.78 is 124. The highest BCUT2D eigenvalue weighted by atomic mass is 19.4. The van der Waals surface area contributed by atoms with E-state index >= 15 is 0 Å². The molecule has 1 fully saturated rings. The zero-order chi connectivity index (χ0) is 17.8. The summed E-state index contributed by atoms with van der Waals surface area (Å²) >= 11 is 0. The van der Waals surface area contributed by atoms with Gasteiger partial charge in [0.2, 0.25) is 0 Å². The van der Waals surface area contributed by atoms with Crippen LogP contribution in [0.3, 0.4) is 0 Å². The molecule has 1 heterocycles. The summed E-state index contributed by atoms with van der Waals surface area (Å²) in [5, 5.41) is 0. The summed E-state index contributed by atoms with van der Waals surface area (Å²) in [4.78, 5) is 11.3. The lowest BCUT2D eigenvalue weighted by Crippen LogP contribution is -2.57. The number of rotatable bonds is 2. The lowest BCUT2D eigenvalue weighted by Gasteiger charge is -2.28. The van der Waals surface area contributed by atoms with Crippen molar-refractivity contribution in [3.63, 3.8) is 0 Å². The number of carbonyl (C=O) groups is 1. The van der Waals surface area contributed by atoms with Crippen LogP contribution in [0.4, 0.5) is 39.5 Å². The van der Waals surface area contributed by atoms with E-state index in [2.05, 4.69) is 14.2 Å². The molecule has 0 spiro atoms. The Labute approximate surface area is 116 Å². The Bertz CT molecular complexity index is 457.